The maximum atomic E-state index is 11.8. The van der Waals surface area contributed by atoms with E-state index in [0.717, 1.165) is 5.69 Å². The summed E-state index contributed by atoms with van der Waals surface area (Å²) in [7, 11) is 1.49. The van der Waals surface area contributed by atoms with Gasteiger partial charge in [0.25, 0.3) is 5.91 Å². The number of phenols is 1. The number of ether oxygens (including phenoxy) is 1. The summed E-state index contributed by atoms with van der Waals surface area (Å²) in [5.74, 6) is 0.0267. The van der Waals surface area contributed by atoms with Gasteiger partial charge in [-0.15, -0.1) is 0 Å². The highest BCUT2D eigenvalue weighted by Gasteiger charge is 2.11. The third-order valence-electron chi connectivity index (χ3n) is 2.44. The Morgan fingerprint density at radius 1 is 1.56 bits per heavy atom. The van der Waals surface area contributed by atoms with Gasteiger partial charge >= 0.3 is 0 Å². The van der Waals surface area contributed by atoms with Crippen LogP contribution in [0.4, 0.5) is 0 Å². The normalized spacial score (nSPS) is 10.1. The number of phenolic OH excluding ortho intramolecular Hbond substituents is 1. The molecule has 0 bridgehead atoms. The molecule has 94 valence electrons. The minimum atomic E-state index is -0.357. The summed E-state index contributed by atoms with van der Waals surface area (Å²) < 4.78 is 4.94. The number of aromatic hydroxyl groups is 1. The lowest BCUT2D eigenvalue weighted by Gasteiger charge is -2.07. The first-order valence-corrected chi connectivity index (χ1v) is 5.33. The Bertz CT molecular complexity index is 538. The molecule has 0 radical (unpaired) electrons. The van der Waals surface area contributed by atoms with E-state index in [1.165, 1.54) is 25.6 Å². The number of methoxy groups -OCH3 is 1. The molecule has 0 aliphatic heterocycles. The highest BCUT2D eigenvalue weighted by Crippen LogP contribution is 2.23. The molecule has 6 heteroatoms. The van der Waals surface area contributed by atoms with Crippen LogP contribution in [0.2, 0.25) is 0 Å². The van der Waals surface area contributed by atoms with Crippen molar-refractivity contribution >= 4 is 5.91 Å². The molecule has 0 aliphatic rings. The number of amides is 1. The molecule has 1 aromatic heterocycles. The molecule has 0 aliphatic carbocycles. The van der Waals surface area contributed by atoms with Crippen LogP contribution in [-0.2, 0) is 6.54 Å². The van der Waals surface area contributed by atoms with Gasteiger partial charge in [-0.2, -0.15) is 0 Å². The molecular formula is C12H13N3O3. The van der Waals surface area contributed by atoms with Crippen LogP contribution in [0.3, 0.4) is 0 Å². The minimum Gasteiger partial charge on any atom is -0.507 e. The molecule has 2 aromatic rings. The molecule has 0 fully saturated rings. The fourth-order valence-corrected chi connectivity index (χ4v) is 1.48. The molecule has 1 amide bonds. The van der Waals surface area contributed by atoms with Gasteiger partial charge in [-0.1, -0.05) is 0 Å². The Kier molecular flexibility index (Phi) is 3.47. The van der Waals surface area contributed by atoms with Gasteiger partial charge in [-0.05, 0) is 12.1 Å². The van der Waals surface area contributed by atoms with Gasteiger partial charge in [-0.3, -0.25) is 4.79 Å². The lowest BCUT2D eigenvalue weighted by Crippen LogP contribution is -2.23. The number of rotatable bonds is 4. The molecule has 0 saturated carbocycles. The molecule has 1 aromatic carbocycles. The zero-order valence-electron chi connectivity index (χ0n) is 9.80. The number of benzene rings is 1. The number of hydrogen-bond donors (Lipinski definition) is 3. The average molecular weight is 247 g/mol. The number of carbonyl (C=O) groups excluding carboxylic acids is 1. The lowest BCUT2D eigenvalue weighted by atomic mass is 10.2. The second-order valence-electron chi connectivity index (χ2n) is 3.64. The van der Waals surface area contributed by atoms with Crippen LogP contribution in [0.25, 0.3) is 0 Å². The van der Waals surface area contributed by atoms with Crippen molar-refractivity contribution in [1.29, 1.82) is 0 Å². The van der Waals surface area contributed by atoms with Gasteiger partial charge in [0.1, 0.15) is 11.5 Å². The summed E-state index contributed by atoms with van der Waals surface area (Å²) in [5.41, 5.74) is 0.992. The largest absolute Gasteiger partial charge is 0.507 e. The first kappa shape index (κ1) is 12.0. The van der Waals surface area contributed by atoms with Crippen molar-refractivity contribution in [3.05, 3.63) is 42.0 Å². The second-order valence-corrected chi connectivity index (χ2v) is 3.64. The Labute approximate surface area is 104 Å². The van der Waals surface area contributed by atoms with Gasteiger partial charge in [0.15, 0.2) is 0 Å². The molecule has 0 saturated heterocycles. The molecule has 0 atom stereocenters. The van der Waals surface area contributed by atoms with Crippen LogP contribution in [0.1, 0.15) is 16.1 Å². The molecule has 2 rings (SSSR count). The standard InChI is InChI=1S/C12H13N3O3/c1-18-9-2-3-10(11(16)4-9)12(17)14-6-8-5-13-7-15-8/h2-5,7,16H,6H2,1H3,(H,13,15)(H,14,17). The molecule has 6 nitrogen and oxygen atoms in total. The van der Waals surface area contributed by atoms with Crippen molar-refractivity contribution in [3.8, 4) is 11.5 Å². The topological polar surface area (TPSA) is 87.2 Å². The summed E-state index contributed by atoms with van der Waals surface area (Å²) in [6.07, 6.45) is 3.15. The molecular weight excluding hydrogens is 234 g/mol. The quantitative estimate of drug-likeness (QED) is 0.753. The van der Waals surface area contributed by atoms with Crippen molar-refractivity contribution in [3.63, 3.8) is 0 Å². The first-order chi connectivity index (χ1) is 8.70. The Morgan fingerprint density at radius 2 is 2.39 bits per heavy atom. The fraction of sp³-hybridized carbons (Fsp3) is 0.167. The Morgan fingerprint density at radius 3 is 3.00 bits per heavy atom. The van der Waals surface area contributed by atoms with Crippen LogP contribution in [0, 0.1) is 0 Å². The number of hydrogen-bond acceptors (Lipinski definition) is 4. The number of imidazole rings is 1. The fourth-order valence-electron chi connectivity index (χ4n) is 1.48. The van der Waals surface area contributed by atoms with E-state index in [2.05, 4.69) is 15.3 Å². The highest BCUT2D eigenvalue weighted by atomic mass is 16.5. The molecule has 0 unspecified atom stereocenters. The van der Waals surface area contributed by atoms with Crippen LogP contribution in [0.5, 0.6) is 11.5 Å². The van der Waals surface area contributed by atoms with Gasteiger partial charge in [-0.25, -0.2) is 4.98 Å². The van der Waals surface area contributed by atoms with Crippen molar-refractivity contribution in [2.24, 2.45) is 0 Å². The Hall–Kier alpha value is -2.50. The summed E-state index contributed by atoms with van der Waals surface area (Å²) in [6.45, 7) is 0.324. The Balaban J connectivity index is 2.04. The number of nitrogens with zero attached hydrogens (tertiary/aromatic N) is 1. The molecule has 18 heavy (non-hydrogen) atoms. The summed E-state index contributed by atoms with van der Waals surface area (Å²) in [4.78, 5) is 18.5. The van der Waals surface area contributed by atoms with E-state index < -0.39 is 0 Å². The van der Waals surface area contributed by atoms with Crippen LogP contribution in [-0.4, -0.2) is 28.1 Å². The predicted octanol–water partition coefficient (Wildman–Crippen LogP) is 1.05. The van der Waals surface area contributed by atoms with E-state index in [1.54, 1.807) is 12.3 Å². The number of H-pyrrole nitrogens is 1. The molecule has 0 spiro atoms. The summed E-state index contributed by atoms with van der Waals surface area (Å²) >= 11 is 0. The van der Waals surface area contributed by atoms with E-state index in [1.807, 2.05) is 0 Å². The van der Waals surface area contributed by atoms with Crippen LogP contribution < -0.4 is 10.1 Å². The zero-order valence-corrected chi connectivity index (χ0v) is 9.80. The van der Waals surface area contributed by atoms with Crippen molar-refractivity contribution in [1.82, 2.24) is 15.3 Å². The average Bonchev–Trinajstić information content (AvgIpc) is 2.88. The third-order valence-corrected chi connectivity index (χ3v) is 2.44. The smallest absolute Gasteiger partial charge is 0.255 e. The van der Waals surface area contributed by atoms with E-state index in [4.69, 9.17) is 4.74 Å². The molecule has 3 N–H and O–H groups in total. The number of aromatic nitrogens is 2. The van der Waals surface area contributed by atoms with Crippen LogP contribution >= 0.6 is 0 Å². The first-order valence-electron chi connectivity index (χ1n) is 5.33. The third kappa shape index (κ3) is 2.60. The lowest BCUT2D eigenvalue weighted by molar-refractivity contribution is 0.0948. The van der Waals surface area contributed by atoms with E-state index in [9.17, 15) is 9.90 Å². The van der Waals surface area contributed by atoms with E-state index >= 15 is 0 Å². The summed E-state index contributed by atoms with van der Waals surface area (Å²) in [6, 6.07) is 4.52. The van der Waals surface area contributed by atoms with E-state index in [0.29, 0.717) is 12.3 Å². The van der Waals surface area contributed by atoms with Crippen molar-refractivity contribution in [2.45, 2.75) is 6.54 Å². The maximum absolute atomic E-state index is 11.8. The van der Waals surface area contributed by atoms with Crippen molar-refractivity contribution in [2.75, 3.05) is 7.11 Å². The number of nitrogens with one attached hydrogen (secondary N) is 2. The predicted molar refractivity (Wildman–Crippen MR) is 64.4 cm³/mol. The van der Waals surface area contributed by atoms with Gasteiger partial charge in [0.2, 0.25) is 0 Å². The number of carbonyl (C=O) groups is 1. The zero-order chi connectivity index (χ0) is 13.0. The highest BCUT2D eigenvalue weighted by molar-refractivity contribution is 5.96. The van der Waals surface area contributed by atoms with Gasteiger partial charge < -0.3 is 20.1 Å². The summed E-state index contributed by atoms with van der Waals surface area (Å²) in [5, 5.41) is 12.4. The van der Waals surface area contributed by atoms with E-state index in [-0.39, 0.29) is 17.2 Å². The monoisotopic (exact) mass is 247 g/mol. The molecule has 1 heterocycles. The van der Waals surface area contributed by atoms with Crippen LogP contribution in [0.15, 0.2) is 30.7 Å². The van der Waals surface area contributed by atoms with Gasteiger partial charge in [0, 0.05) is 12.3 Å². The number of aromatic amines is 1. The minimum absolute atomic E-state index is 0.114. The second kappa shape index (κ2) is 5.22. The SMILES string of the molecule is COc1ccc(C(=O)NCc2cnc[nH]2)c(O)c1. The van der Waals surface area contributed by atoms with Gasteiger partial charge in [0.05, 0.1) is 31.2 Å². The van der Waals surface area contributed by atoms with Crippen molar-refractivity contribution < 1.29 is 14.6 Å². The maximum Gasteiger partial charge on any atom is 0.255 e.